The first kappa shape index (κ1) is 10.6. The fraction of sp³-hybridized carbons (Fsp3) is 0. The predicted molar refractivity (Wildman–Crippen MR) is 60.0 cm³/mol. The molecule has 0 spiro atoms. The van der Waals surface area contributed by atoms with Gasteiger partial charge in [0.1, 0.15) is 11.1 Å². The van der Waals surface area contributed by atoms with Gasteiger partial charge in [-0.2, -0.15) is 5.26 Å². The number of nitrogens with one attached hydrogen (secondary N) is 2. The molecule has 0 fully saturated rings. The fourth-order valence-electron chi connectivity index (χ4n) is 1.00. The summed E-state index contributed by atoms with van der Waals surface area (Å²) in [4.78, 5) is 18.7. The van der Waals surface area contributed by atoms with Crippen LogP contribution in [0.4, 0.5) is 10.7 Å². The average molecular weight is 254 g/mol. The highest BCUT2D eigenvalue weighted by Gasteiger charge is 2.09. The third-order valence-corrected chi connectivity index (χ3v) is 2.68. The van der Waals surface area contributed by atoms with E-state index in [4.69, 9.17) is 16.9 Å². The summed E-state index contributed by atoms with van der Waals surface area (Å²) in [6, 6.07) is 1.81. The van der Waals surface area contributed by atoms with Crippen molar-refractivity contribution in [3.8, 4) is 6.07 Å². The molecule has 6 nitrogen and oxygen atoms in total. The van der Waals surface area contributed by atoms with Gasteiger partial charge in [-0.1, -0.05) is 0 Å². The largest absolute Gasteiger partial charge is 0.342 e. The Morgan fingerprint density at radius 2 is 2.19 bits per heavy atom. The van der Waals surface area contributed by atoms with Crippen LogP contribution >= 0.6 is 23.1 Å². The van der Waals surface area contributed by atoms with E-state index in [0.29, 0.717) is 10.7 Å². The summed E-state index contributed by atoms with van der Waals surface area (Å²) in [7, 11) is 0. The molecule has 0 atom stereocenters. The molecule has 0 aliphatic carbocycles. The Bertz CT molecular complexity index is 596. The summed E-state index contributed by atoms with van der Waals surface area (Å²) in [5, 5.41) is 12.2. The van der Waals surface area contributed by atoms with E-state index < -0.39 is 5.56 Å². The molecule has 0 aliphatic heterocycles. The summed E-state index contributed by atoms with van der Waals surface area (Å²) in [6.07, 6.45) is 2.92. The first-order valence-corrected chi connectivity index (χ1v) is 5.26. The highest BCUT2D eigenvalue weighted by Crippen LogP contribution is 2.20. The lowest BCUT2D eigenvalue weighted by molar-refractivity contribution is 1.17. The number of nitriles is 1. The van der Waals surface area contributed by atoms with Crippen LogP contribution < -0.4 is 10.9 Å². The predicted octanol–water partition coefficient (Wildman–Crippen LogP) is 1.50. The van der Waals surface area contributed by atoms with E-state index >= 15 is 0 Å². The quantitative estimate of drug-likeness (QED) is 0.791. The van der Waals surface area contributed by atoms with Crippen LogP contribution in [0, 0.1) is 11.3 Å². The number of aromatic nitrogens is 3. The van der Waals surface area contributed by atoms with Gasteiger partial charge in [-0.15, -0.1) is 0 Å². The molecule has 0 aromatic carbocycles. The molecule has 2 aromatic rings. The van der Waals surface area contributed by atoms with Gasteiger partial charge in [0, 0.05) is 0 Å². The zero-order chi connectivity index (χ0) is 11.5. The van der Waals surface area contributed by atoms with Crippen molar-refractivity contribution < 1.29 is 0 Å². The van der Waals surface area contributed by atoms with Gasteiger partial charge >= 0.3 is 0 Å². The molecule has 80 valence electrons. The highest BCUT2D eigenvalue weighted by atomic mass is 35.5. The van der Waals surface area contributed by atoms with E-state index in [2.05, 4.69) is 19.7 Å². The summed E-state index contributed by atoms with van der Waals surface area (Å²) >= 11 is 6.56. The van der Waals surface area contributed by atoms with Gasteiger partial charge in [-0.25, -0.2) is 9.97 Å². The van der Waals surface area contributed by atoms with E-state index in [0.717, 1.165) is 11.5 Å². The normalized spacial score (nSPS) is 9.75. The molecule has 2 rings (SSSR count). The van der Waals surface area contributed by atoms with Gasteiger partial charge in [0.2, 0.25) is 5.28 Å². The SMILES string of the molecule is N#Cc1c(Nc2cnc(Cl)nc2)s[nH]c1=O. The minimum Gasteiger partial charge on any atom is -0.342 e. The maximum absolute atomic E-state index is 11.2. The average Bonchev–Trinajstić information content (AvgIpc) is 2.63. The first-order chi connectivity index (χ1) is 7.70. The monoisotopic (exact) mass is 253 g/mol. The number of rotatable bonds is 2. The Morgan fingerprint density at radius 3 is 2.81 bits per heavy atom. The molecule has 2 aromatic heterocycles. The van der Waals surface area contributed by atoms with Crippen LogP contribution in [0.3, 0.4) is 0 Å². The van der Waals surface area contributed by atoms with Crippen LogP contribution in [0.25, 0.3) is 0 Å². The summed E-state index contributed by atoms with van der Waals surface area (Å²) in [5.41, 5.74) is 0.181. The molecular weight excluding hydrogens is 250 g/mol. The summed E-state index contributed by atoms with van der Waals surface area (Å²) in [6.45, 7) is 0. The highest BCUT2D eigenvalue weighted by molar-refractivity contribution is 7.10. The molecule has 0 saturated heterocycles. The van der Waals surface area contributed by atoms with Gasteiger partial charge in [-0.05, 0) is 23.1 Å². The molecule has 0 aliphatic rings. The van der Waals surface area contributed by atoms with Crippen molar-refractivity contribution in [2.75, 3.05) is 5.32 Å². The van der Waals surface area contributed by atoms with E-state index in [9.17, 15) is 4.79 Å². The van der Waals surface area contributed by atoms with Crippen LogP contribution in [0.5, 0.6) is 0 Å². The lowest BCUT2D eigenvalue weighted by Gasteiger charge is -2.01. The van der Waals surface area contributed by atoms with Crippen molar-refractivity contribution in [2.45, 2.75) is 0 Å². The minimum atomic E-state index is -0.412. The fourth-order valence-corrected chi connectivity index (χ4v) is 1.80. The van der Waals surface area contributed by atoms with E-state index in [1.165, 1.54) is 12.4 Å². The zero-order valence-electron chi connectivity index (χ0n) is 7.69. The lowest BCUT2D eigenvalue weighted by Crippen LogP contribution is -2.02. The van der Waals surface area contributed by atoms with Crippen molar-refractivity contribution in [2.24, 2.45) is 0 Å². The van der Waals surface area contributed by atoms with Gasteiger partial charge in [-0.3, -0.25) is 9.17 Å². The van der Waals surface area contributed by atoms with Crippen LogP contribution in [0.15, 0.2) is 17.2 Å². The van der Waals surface area contributed by atoms with Crippen molar-refractivity contribution in [3.05, 3.63) is 33.6 Å². The maximum atomic E-state index is 11.2. The number of H-pyrrole nitrogens is 1. The smallest absolute Gasteiger partial charge is 0.278 e. The van der Waals surface area contributed by atoms with Crippen molar-refractivity contribution >= 4 is 33.8 Å². The lowest BCUT2D eigenvalue weighted by atomic mass is 10.3. The molecule has 0 bridgehead atoms. The number of hydrogen-bond donors (Lipinski definition) is 2. The third kappa shape index (κ3) is 2.03. The van der Waals surface area contributed by atoms with Crippen molar-refractivity contribution in [3.63, 3.8) is 0 Å². The van der Waals surface area contributed by atoms with Crippen LogP contribution in [0.2, 0.25) is 5.28 Å². The van der Waals surface area contributed by atoms with E-state index in [1.807, 2.05) is 6.07 Å². The van der Waals surface area contributed by atoms with Gasteiger partial charge in [0.15, 0.2) is 5.56 Å². The Balaban J connectivity index is 2.31. The molecule has 8 heteroatoms. The molecule has 0 saturated carbocycles. The second kappa shape index (κ2) is 4.30. The molecule has 2 N–H and O–H groups in total. The van der Waals surface area contributed by atoms with Crippen molar-refractivity contribution in [1.29, 1.82) is 5.26 Å². The Hall–Kier alpha value is -1.91. The van der Waals surface area contributed by atoms with Crippen LogP contribution in [-0.2, 0) is 0 Å². The number of nitrogens with zero attached hydrogens (tertiary/aromatic N) is 3. The Morgan fingerprint density at radius 1 is 1.50 bits per heavy atom. The third-order valence-electron chi connectivity index (χ3n) is 1.69. The van der Waals surface area contributed by atoms with Crippen LogP contribution in [-0.4, -0.2) is 14.3 Å². The second-order valence-electron chi connectivity index (χ2n) is 2.71. The zero-order valence-corrected chi connectivity index (χ0v) is 9.26. The first-order valence-electron chi connectivity index (χ1n) is 4.07. The summed E-state index contributed by atoms with van der Waals surface area (Å²) in [5.74, 6) is 0. The number of halogens is 1. The van der Waals surface area contributed by atoms with Crippen molar-refractivity contribution in [1.82, 2.24) is 14.3 Å². The molecule has 16 heavy (non-hydrogen) atoms. The minimum absolute atomic E-state index is 0.0416. The van der Waals surface area contributed by atoms with Gasteiger partial charge in [0.25, 0.3) is 5.56 Å². The Labute approximate surface area is 98.7 Å². The number of aromatic amines is 1. The molecular formula is C8H4ClN5OS. The second-order valence-corrected chi connectivity index (χ2v) is 3.87. The Kier molecular flexibility index (Phi) is 2.85. The number of anilines is 2. The summed E-state index contributed by atoms with van der Waals surface area (Å²) < 4.78 is 2.45. The van der Waals surface area contributed by atoms with E-state index in [1.54, 1.807) is 0 Å². The molecule has 0 amide bonds. The number of hydrogen-bond acceptors (Lipinski definition) is 6. The van der Waals surface area contributed by atoms with Crippen LogP contribution in [0.1, 0.15) is 5.56 Å². The van der Waals surface area contributed by atoms with Gasteiger partial charge < -0.3 is 5.32 Å². The van der Waals surface area contributed by atoms with Gasteiger partial charge in [0.05, 0.1) is 18.1 Å². The maximum Gasteiger partial charge on any atom is 0.278 e. The topological polar surface area (TPSA) is 94.5 Å². The molecule has 2 heterocycles. The van der Waals surface area contributed by atoms with E-state index in [-0.39, 0.29) is 10.8 Å². The standard InChI is InChI=1S/C8H4ClN5OS/c9-8-11-2-4(3-12-8)13-7-5(1-10)6(15)14-16-7/h2-3,13H,(H,14,15). The molecule has 0 unspecified atom stereocenters. The molecule has 0 radical (unpaired) electrons.